The van der Waals surface area contributed by atoms with E-state index in [4.69, 9.17) is 4.74 Å². The van der Waals surface area contributed by atoms with Crippen LogP contribution in [0.25, 0.3) is 0 Å². The molecule has 0 saturated carbocycles. The van der Waals surface area contributed by atoms with Gasteiger partial charge in [-0.3, -0.25) is 9.69 Å². The summed E-state index contributed by atoms with van der Waals surface area (Å²) in [7, 11) is 0. The quantitative estimate of drug-likeness (QED) is 0.913. The molecule has 5 nitrogen and oxygen atoms in total. The highest BCUT2D eigenvalue weighted by Crippen LogP contribution is 2.23. The van der Waals surface area contributed by atoms with Gasteiger partial charge >= 0.3 is 0 Å². The number of rotatable bonds is 5. The topological polar surface area (TPSA) is 54.5 Å². The van der Waals surface area contributed by atoms with Gasteiger partial charge in [-0.1, -0.05) is 6.07 Å². The van der Waals surface area contributed by atoms with E-state index < -0.39 is 0 Å². The molecule has 1 amide bonds. The number of nitrogens with zero attached hydrogens (tertiary/aromatic N) is 2. The molecule has 3 rings (SSSR count). The lowest BCUT2D eigenvalue weighted by Gasteiger charge is -2.31. The molecular weight excluding hydrogens is 306 g/mol. The summed E-state index contributed by atoms with van der Waals surface area (Å²) in [4.78, 5) is 19.6. The van der Waals surface area contributed by atoms with Gasteiger partial charge in [-0.15, -0.1) is 22.7 Å². The molecule has 1 N–H and O–H groups in total. The van der Waals surface area contributed by atoms with Crippen LogP contribution in [0.5, 0.6) is 0 Å². The molecule has 3 heterocycles. The summed E-state index contributed by atoms with van der Waals surface area (Å²) in [6.07, 6.45) is 1.78. The number of morpholine rings is 1. The lowest BCUT2D eigenvalue weighted by atomic mass is 10.2. The predicted octanol–water partition coefficient (Wildman–Crippen LogP) is 1.89. The molecule has 2 aromatic heterocycles. The second-order valence-corrected chi connectivity index (χ2v) is 6.78. The minimum absolute atomic E-state index is 0.0103. The third-order valence-electron chi connectivity index (χ3n) is 3.28. The van der Waals surface area contributed by atoms with Crippen LogP contribution in [0.3, 0.4) is 0 Å². The number of thiazole rings is 1. The molecule has 7 heteroatoms. The normalized spacial score (nSPS) is 19.5. The van der Waals surface area contributed by atoms with Crippen LogP contribution in [0.2, 0.25) is 0 Å². The standard InChI is InChI=1S/C14H17N3O2S2/c18-13(16-8-11-2-1-6-20-11)10-17-4-5-19-12(9-17)14-15-3-7-21-14/h1-3,6-7,12H,4-5,8-10H2,(H,16,18)/t12-/m0/s1. The first-order valence-electron chi connectivity index (χ1n) is 6.83. The average molecular weight is 323 g/mol. The molecule has 0 bridgehead atoms. The van der Waals surface area contributed by atoms with E-state index in [1.54, 1.807) is 28.9 Å². The van der Waals surface area contributed by atoms with Gasteiger partial charge in [0.05, 0.1) is 19.7 Å². The molecule has 1 fully saturated rings. The number of nitrogens with one attached hydrogen (secondary N) is 1. The summed E-state index contributed by atoms with van der Waals surface area (Å²) < 4.78 is 5.73. The van der Waals surface area contributed by atoms with Gasteiger partial charge in [-0.25, -0.2) is 4.98 Å². The van der Waals surface area contributed by atoms with Crippen molar-refractivity contribution in [2.75, 3.05) is 26.2 Å². The van der Waals surface area contributed by atoms with Gasteiger partial charge in [0.1, 0.15) is 11.1 Å². The van der Waals surface area contributed by atoms with Crippen molar-refractivity contribution >= 4 is 28.6 Å². The van der Waals surface area contributed by atoms with E-state index in [1.807, 2.05) is 22.9 Å². The number of ether oxygens (including phenoxy) is 1. The maximum absolute atomic E-state index is 12.0. The number of amides is 1. The molecule has 0 aromatic carbocycles. The maximum Gasteiger partial charge on any atom is 0.234 e. The first kappa shape index (κ1) is 14.6. The highest BCUT2D eigenvalue weighted by Gasteiger charge is 2.24. The molecule has 112 valence electrons. The Balaban J connectivity index is 1.47. The number of hydrogen-bond donors (Lipinski definition) is 1. The summed E-state index contributed by atoms with van der Waals surface area (Å²) in [5.74, 6) is 0.0585. The number of carbonyl (C=O) groups excluding carboxylic acids is 1. The Kier molecular flexibility index (Phi) is 4.97. The summed E-state index contributed by atoms with van der Waals surface area (Å²) in [6, 6.07) is 4.02. The van der Waals surface area contributed by atoms with E-state index in [9.17, 15) is 4.79 Å². The smallest absolute Gasteiger partial charge is 0.234 e. The summed E-state index contributed by atoms with van der Waals surface area (Å²) in [6.45, 7) is 3.17. The Labute approximate surface area is 131 Å². The molecule has 1 aliphatic rings. The van der Waals surface area contributed by atoms with Crippen molar-refractivity contribution in [3.8, 4) is 0 Å². The van der Waals surface area contributed by atoms with Crippen LogP contribution in [0.15, 0.2) is 29.1 Å². The zero-order chi connectivity index (χ0) is 14.5. The van der Waals surface area contributed by atoms with Crippen molar-refractivity contribution < 1.29 is 9.53 Å². The van der Waals surface area contributed by atoms with Gasteiger partial charge in [0.25, 0.3) is 0 Å². The van der Waals surface area contributed by atoms with Gasteiger partial charge in [-0.2, -0.15) is 0 Å². The Morgan fingerprint density at radius 3 is 3.19 bits per heavy atom. The minimum atomic E-state index is -0.0103. The van der Waals surface area contributed by atoms with Crippen LogP contribution in [0.4, 0.5) is 0 Å². The molecule has 2 aromatic rings. The van der Waals surface area contributed by atoms with Crippen molar-refractivity contribution in [1.82, 2.24) is 15.2 Å². The molecule has 1 atom stereocenters. The van der Waals surface area contributed by atoms with E-state index in [0.717, 1.165) is 18.1 Å². The number of thiophene rings is 1. The monoisotopic (exact) mass is 323 g/mol. The van der Waals surface area contributed by atoms with Crippen LogP contribution in [0, 0.1) is 0 Å². The number of carbonyl (C=O) groups is 1. The van der Waals surface area contributed by atoms with Gasteiger partial charge in [-0.05, 0) is 11.4 Å². The SMILES string of the molecule is O=C(CN1CCO[C@H](c2nccs2)C1)NCc1cccs1. The first-order valence-corrected chi connectivity index (χ1v) is 8.59. The summed E-state index contributed by atoms with van der Waals surface area (Å²) >= 11 is 3.25. The fourth-order valence-electron chi connectivity index (χ4n) is 2.25. The zero-order valence-electron chi connectivity index (χ0n) is 11.5. The molecule has 0 radical (unpaired) electrons. The summed E-state index contributed by atoms with van der Waals surface area (Å²) in [5, 5.41) is 7.91. The van der Waals surface area contributed by atoms with Crippen LogP contribution < -0.4 is 5.32 Å². The molecule has 0 unspecified atom stereocenters. The van der Waals surface area contributed by atoms with E-state index >= 15 is 0 Å². The molecule has 21 heavy (non-hydrogen) atoms. The highest BCUT2D eigenvalue weighted by atomic mass is 32.1. The maximum atomic E-state index is 12.0. The third kappa shape index (κ3) is 4.10. The van der Waals surface area contributed by atoms with Gasteiger partial charge in [0, 0.05) is 29.5 Å². The molecule has 1 saturated heterocycles. The molecule has 1 aliphatic heterocycles. The van der Waals surface area contributed by atoms with Gasteiger partial charge in [0.15, 0.2) is 0 Å². The average Bonchev–Trinajstić information content (AvgIpc) is 3.19. The Morgan fingerprint density at radius 1 is 1.48 bits per heavy atom. The fourth-order valence-corrected chi connectivity index (χ4v) is 3.57. The third-order valence-corrected chi connectivity index (χ3v) is 5.03. The van der Waals surface area contributed by atoms with Crippen LogP contribution in [0.1, 0.15) is 16.0 Å². The van der Waals surface area contributed by atoms with Crippen molar-refractivity contribution in [1.29, 1.82) is 0 Å². The number of hydrogen-bond acceptors (Lipinski definition) is 6. The van der Waals surface area contributed by atoms with E-state index in [2.05, 4.69) is 15.2 Å². The van der Waals surface area contributed by atoms with Gasteiger partial charge in [0.2, 0.25) is 5.91 Å². The molecule has 0 spiro atoms. The van der Waals surface area contributed by atoms with Crippen molar-refractivity contribution in [2.24, 2.45) is 0 Å². The number of aromatic nitrogens is 1. The largest absolute Gasteiger partial charge is 0.368 e. The van der Waals surface area contributed by atoms with Crippen LogP contribution >= 0.6 is 22.7 Å². The van der Waals surface area contributed by atoms with Crippen molar-refractivity contribution in [2.45, 2.75) is 12.6 Å². The molecule has 0 aliphatic carbocycles. The fraction of sp³-hybridized carbons (Fsp3) is 0.429. The van der Waals surface area contributed by atoms with Gasteiger partial charge < -0.3 is 10.1 Å². The van der Waals surface area contributed by atoms with E-state index in [1.165, 1.54) is 4.88 Å². The second kappa shape index (κ2) is 7.13. The van der Waals surface area contributed by atoms with Crippen LogP contribution in [-0.4, -0.2) is 42.0 Å². The van der Waals surface area contributed by atoms with E-state index in [-0.39, 0.29) is 12.0 Å². The lowest BCUT2D eigenvalue weighted by Crippen LogP contribution is -2.44. The van der Waals surface area contributed by atoms with Crippen molar-refractivity contribution in [3.63, 3.8) is 0 Å². The van der Waals surface area contributed by atoms with Crippen LogP contribution in [-0.2, 0) is 16.1 Å². The first-order chi connectivity index (χ1) is 10.3. The highest BCUT2D eigenvalue weighted by molar-refractivity contribution is 7.10. The Hall–Kier alpha value is -1.28. The Morgan fingerprint density at radius 2 is 2.43 bits per heavy atom. The van der Waals surface area contributed by atoms with E-state index in [0.29, 0.717) is 19.7 Å². The van der Waals surface area contributed by atoms with Crippen molar-refractivity contribution in [3.05, 3.63) is 39.0 Å². The molecular formula is C14H17N3O2S2. The minimum Gasteiger partial charge on any atom is -0.368 e. The summed E-state index contributed by atoms with van der Waals surface area (Å²) in [5.41, 5.74) is 0. The Bertz CT molecular complexity index is 557. The lowest BCUT2D eigenvalue weighted by molar-refractivity contribution is -0.124. The zero-order valence-corrected chi connectivity index (χ0v) is 13.2. The predicted molar refractivity (Wildman–Crippen MR) is 83.4 cm³/mol. The second-order valence-electron chi connectivity index (χ2n) is 4.82.